The van der Waals surface area contributed by atoms with Gasteiger partial charge in [0.1, 0.15) is 5.82 Å². The molecule has 112 valence electrons. The number of anilines is 1. The molecule has 0 spiro atoms. The summed E-state index contributed by atoms with van der Waals surface area (Å²) in [5.74, 6) is -0.151. The van der Waals surface area contributed by atoms with Gasteiger partial charge in [-0.3, -0.25) is 0 Å². The first-order chi connectivity index (χ1) is 9.60. The number of likely N-dealkylation sites (N-methyl/N-ethyl adjacent to an activating group) is 2. The molecule has 1 aliphatic rings. The average molecular weight is 279 g/mol. The smallest absolute Gasteiger partial charge is 0.125 e. The van der Waals surface area contributed by atoms with Gasteiger partial charge < -0.3 is 15.1 Å². The van der Waals surface area contributed by atoms with Gasteiger partial charge in [0.25, 0.3) is 0 Å². The van der Waals surface area contributed by atoms with Gasteiger partial charge in [0, 0.05) is 31.9 Å². The molecule has 1 unspecified atom stereocenters. The van der Waals surface area contributed by atoms with Crippen LogP contribution in [0.1, 0.15) is 25.3 Å². The molecule has 0 aromatic heterocycles. The SMILES string of the molecule is CCNCc1cc(F)cc(N(C)CC2CCCN2C)c1. The summed E-state index contributed by atoms with van der Waals surface area (Å²) in [6.07, 6.45) is 2.50. The van der Waals surface area contributed by atoms with E-state index in [-0.39, 0.29) is 5.82 Å². The third kappa shape index (κ3) is 3.93. The molecule has 2 rings (SSSR count). The molecule has 1 fully saturated rings. The van der Waals surface area contributed by atoms with Crippen LogP contribution in [0, 0.1) is 5.82 Å². The molecule has 20 heavy (non-hydrogen) atoms. The molecule has 0 aliphatic carbocycles. The van der Waals surface area contributed by atoms with Crippen LogP contribution in [0.5, 0.6) is 0 Å². The fraction of sp³-hybridized carbons (Fsp3) is 0.625. The van der Waals surface area contributed by atoms with E-state index in [1.165, 1.54) is 19.4 Å². The van der Waals surface area contributed by atoms with Gasteiger partial charge in [0.05, 0.1) is 0 Å². The summed E-state index contributed by atoms with van der Waals surface area (Å²) < 4.78 is 13.7. The molecular weight excluding hydrogens is 253 g/mol. The van der Waals surface area contributed by atoms with Crippen LogP contribution < -0.4 is 10.2 Å². The number of benzene rings is 1. The van der Waals surface area contributed by atoms with Crippen LogP contribution in [0.15, 0.2) is 18.2 Å². The van der Waals surface area contributed by atoms with Crippen molar-refractivity contribution in [2.75, 3.05) is 38.6 Å². The topological polar surface area (TPSA) is 18.5 Å². The maximum atomic E-state index is 13.7. The van der Waals surface area contributed by atoms with Crippen molar-refractivity contribution in [2.24, 2.45) is 0 Å². The zero-order valence-corrected chi connectivity index (χ0v) is 12.8. The largest absolute Gasteiger partial charge is 0.373 e. The maximum absolute atomic E-state index is 13.7. The van der Waals surface area contributed by atoms with E-state index in [1.807, 2.05) is 0 Å². The van der Waals surface area contributed by atoms with E-state index < -0.39 is 0 Å². The number of hydrogen-bond acceptors (Lipinski definition) is 3. The minimum absolute atomic E-state index is 0.151. The fourth-order valence-corrected chi connectivity index (χ4v) is 2.86. The van der Waals surface area contributed by atoms with E-state index in [1.54, 1.807) is 12.1 Å². The van der Waals surface area contributed by atoms with Crippen molar-refractivity contribution in [1.29, 1.82) is 0 Å². The summed E-state index contributed by atoms with van der Waals surface area (Å²) in [6, 6.07) is 5.91. The van der Waals surface area contributed by atoms with Crippen molar-refractivity contribution >= 4 is 5.69 Å². The average Bonchev–Trinajstić information content (AvgIpc) is 2.81. The lowest BCUT2D eigenvalue weighted by atomic mass is 10.1. The van der Waals surface area contributed by atoms with Crippen LogP contribution in [0.4, 0.5) is 10.1 Å². The normalized spacial score (nSPS) is 19.5. The molecule has 1 N–H and O–H groups in total. The Labute approximate surface area is 121 Å². The second-order valence-corrected chi connectivity index (χ2v) is 5.76. The van der Waals surface area contributed by atoms with E-state index in [9.17, 15) is 4.39 Å². The van der Waals surface area contributed by atoms with Crippen LogP contribution in [-0.2, 0) is 6.54 Å². The molecule has 4 heteroatoms. The van der Waals surface area contributed by atoms with Gasteiger partial charge in [-0.2, -0.15) is 0 Å². The quantitative estimate of drug-likeness (QED) is 0.863. The highest BCUT2D eigenvalue weighted by atomic mass is 19.1. The molecule has 0 amide bonds. The van der Waals surface area contributed by atoms with Gasteiger partial charge in [-0.05, 0) is 56.7 Å². The Morgan fingerprint density at radius 3 is 2.85 bits per heavy atom. The minimum Gasteiger partial charge on any atom is -0.373 e. The molecule has 0 saturated carbocycles. The lowest BCUT2D eigenvalue weighted by Gasteiger charge is -2.27. The van der Waals surface area contributed by atoms with Crippen molar-refractivity contribution in [3.8, 4) is 0 Å². The van der Waals surface area contributed by atoms with E-state index in [0.717, 1.165) is 30.9 Å². The fourth-order valence-electron chi connectivity index (χ4n) is 2.86. The molecule has 1 aromatic carbocycles. The predicted molar refractivity (Wildman–Crippen MR) is 82.7 cm³/mol. The van der Waals surface area contributed by atoms with E-state index in [0.29, 0.717) is 6.04 Å². The monoisotopic (exact) mass is 279 g/mol. The zero-order chi connectivity index (χ0) is 14.5. The van der Waals surface area contributed by atoms with Crippen LogP contribution in [0.2, 0.25) is 0 Å². The van der Waals surface area contributed by atoms with Gasteiger partial charge in [0.2, 0.25) is 0 Å². The molecular formula is C16H26FN3. The Morgan fingerprint density at radius 1 is 1.40 bits per heavy atom. The van der Waals surface area contributed by atoms with E-state index in [2.05, 4.69) is 42.2 Å². The predicted octanol–water partition coefficient (Wildman–Crippen LogP) is 2.47. The minimum atomic E-state index is -0.151. The number of likely N-dealkylation sites (tertiary alicyclic amines) is 1. The Hall–Kier alpha value is -1.13. The summed E-state index contributed by atoms with van der Waals surface area (Å²) in [5.41, 5.74) is 1.98. The number of nitrogens with one attached hydrogen (secondary N) is 1. The van der Waals surface area contributed by atoms with Crippen LogP contribution >= 0.6 is 0 Å². The van der Waals surface area contributed by atoms with Crippen molar-refractivity contribution < 1.29 is 4.39 Å². The summed E-state index contributed by atoms with van der Waals surface area (Å²) >= 11 is 0. The first-order valence-electron chi connectivity index (χ1n) is 7.51. The number of hydrogen-bond donors (Lipinski definition) is 1. The number of halogens is 1. The summed E-state index contributed by atoms with van der Waals surface area (Å²) in [4.78, 5) is 4.57. The van der Waals surface area contributed by atoms with Crippen molar-refractivity contribution in [1.82, 2.24) is 10.2 Å². The van der Waals surface area contributed by atoms with Crippen molar-refractivity contribution in [3.05, 3.63) is 29.6 Å². The van der Waals surface area contributed by atoms with Crippen molar-refractivity contribution in [2.45, 2.75) is 32.4 Å². The second kappa shape index (κ2) is 7.04. The third-order valence-corrected chi connectivity index (χ3v) is 4.12. The molecule has 1 heterocycles. The third-order valence-electron chi connectivity index (χ3n) is 4.12. The Morgan fingerprint density at radius 2 is 2.20 bits per heavy atom. The summed E-state index contributed by atoms with van der Waals surface area (Å²) in [7, 11) is 4.23. The summed E-state index contributed by atoms with van der Waals surface area (Å²) in [5, 5.41) is 3.24. The van der Waals surface area contributed by atoms with Gasteiger partial charge in [-0.25, -0.2) is 4.39 Å². The molecule has 1 aromatic rings. The van der Waals surface area contributed by atoms with Gasteiger partial charge in [0.15, 0.2) is 0 Å². The Kier molecular flexibility index (Phi) is 5.38. The second-order valence-electron chi connectivity index (χ2n) is 5.76. The lowest BCUT2D eigenvalue weighted by molar-refractivity contribution is 0.314. The van der Waals surface area contributed by atoms with E-state index >= 15 is 0 Å². The highest BCUT2D eigenvalue weighted by molar-refractivity contribution is 5.48. The first-order valence-corrected chi connectivity index (χ1v) is 7.51. The molecule has 3 nitrogen and oxygen atoms in total. The van der Waals surface area contributed by atoms with Gasteiger partial charge in [-0.1, -0.05) is 6.92 Å². The van der Waals surface area contributed by atoms with Crippen LogP contribution in [0.25, 0.3) is 0 Å². The highest BCUT2D eigenvalue weighted by Gasteiger charge is 2.22. The first kappa shape index (κ1) is 15.3. The molecule has 0 bridgehead atoms. The molecule has 1 aliphatic heterocycles. The highest BCUT2D eigenvalue weighted by Crippen LogP contribution is 2.21. The van der Waals surface area contributed by atoms with Crippen molar-refractivity contribution in [3.63, 3.8) is 0 Å². The van der Waals surface area contributed by atoms with Crippen LogP contribution in [-0.4, -0.2) is 44.7 Å². The Balaban J connectivity index is 2.04. The standard InChI is InChI=1S/C16H26FN3/c1-4-18-11-13-8-14(17)10-16(9-13)20(3)12-15-6-5-7-19(15)2/h8-10,15,18H,4-7,11-12H2,1-3H3. The zero-order valence-electron chi connectivity index (χ0n) is 12.8. The van der Waals surface area contributed by atoms with Crippen LogP contribution in [0.3, 0.4) is 0 Å². The number of rotatable bonds is 6. The lowest BCUT2D eigenvalue weighted by Crippen LogP contribution is -2.36. The maximum Gasteiger partial charge on any atom is 0.125 e. The van der Waals surface area contributed by atoms with Gasteiger partial charge in [-0.15, -0.1) is 0 Å². The molecule has 1 atom stereocenters. The van der Waals surface area contributed by atoms with Gasteiger partial charge >= 0.3 is 0 Å². The number of nitrogens with zero attached hydrogens (tertiary/aromatic N) is 2. The Bertz CT molecular complexity index is 436. The molecule has 1 saturated heterocycles. The summed E-state index contributed by atoms with van der Waals surface area (Å²) in [6.45, 7) is 5.81. The molecule has 0 radical (unpaired) electrons. The van der Waals surface area contributed by atoms with E-state index in [4.69, 9.17) is 0 Å².